The van der Waals surface area contributed by atoms with Gasteiger partial charge in [-0.15, -0.1) is 0 Å². The molecule has 0 aliphatic carbocycles. The van der Waals surface area contributed by atoms with Crippen LogP contribution >= 0.6 is 0 Å². The first kappa shape index (κ1) is 12.5. The third-order valence-corrected chi connectivity index (χ3v) is 2.07. The number of amidine groups is 1. The molecular formula is C12H19N3O. The number of aliphatic imine (C=N–C) groups is 1. The largest absolute Gasteiger partial charge is 0.493 e. The number of hydrazine groups is 1. The Kier molecular flexibility index (Phi) is 5.36. The molecule has 0 aliphatic heterocycles. The Labute approximate surface area is 96.5 Å². The van der Waals surface area contributed by atoms with Crippen LogP contribution in [0.4, 0.5) is 0 Å². The molecule has 0 fully saturated rings. The SMILES string of the molecule is CCCN=C(NN)c1ccccc1OCC. The molecule has 0 aliphatic rings. The van der Waals surface area contributed by atoms with E-state index in [2.05, 4.69) is 17.3 Å². The zero-order valence-corrected chi connectivity index (χ0v) is 9.86. The second-order valence-electron chi connectivity index (χ2n) is 3.30. The topological polar surface area (TPSA) is 59.6 Å². The lowest BCUT2D eigenvalue weighted by atomic mass is 10.2. The maximum absolute atomic E-state index is 5.52. The summed E-state index contributed by atoms with van der Waals surface area (Å²) in [5, 5.41) is 0. The number of benzene rings is 1. The van der Waals surface area contributed by atoms with Gasteiger partial charge in [-0.25, -0.2) is 5.84 Å². The molecule has 0 saturated heterocycles. The highest BCUT2D eigenvalue weighted by atomic mass is 16.5. The zero-order valence-electron chi connectivity index (χ0n) is 9.86. The standard InChI is InChI=1S/C12H19N3O/c1-3-9-14-12(15-13)10-7-5-6-8-11(10)16-4-2/h5-8H,3-4,9,13H2,1-2H3,(H,14,15). The van der Waals surface area contributed by atoms with Gasteiger partial charge in [0.2, 0.25) is 0 Å². The zero-order chi connectivity index (χ0) is 11.8. The monoisotopic (exact) mass is 221 g/mol. The fourth-order valence-electron chi connectivity index (χ4n) is 1.38. The molecule has 1 rings (SSSR count). The van der Waals surface area contributed by atoms with E-state index in [-0.39, 0.29) is 0 Å². The van der Waals surface area contributed by atoms with Crippen molar-refractivity contribution in [2.75, 3.05) is 13.2 Å². The van der Waals surface area contributed by atoms with Gasteiger partial charge in [-0.1, -0.05) is 19.1 Å². The van der Waals surface area contributed by atoms with Gasteiger partial charge in [-0.05, 0) is 25.5 Å². The third kappa shape index (κ3) is 3.24. The Bertz CT molecular complexity index is 350. The van der Waals surface area contributed by atoms with Crippen molar-refractivity contribution in [2.45, 2.75) is 20.3 Å². The molecule has 0 atom stereocenters. The number of nitrogens with one attached hydrogen (secondary N) is 1. The Balaban J connectivity index is 2.99. The normalized spacial score (nSPS) is 11.3. The smallest absolute Gasteiger partial charge is 0.146 e. The van der Waals surface area contributed by atoms with E-state index >= 15 is 0 Å². The molecule has 1 aromatic carbocycles. The summed E-state index contributed by atoms with van der Waals surface area (Å²) in [7, 11) is 0. The van der Waals surface area contributed by atoms with Gasteiger partial charge in [-0.3, -0.25) is 4.99 Å². The summed E-state index contributed by atoms with van der Waals surface area (Å²) < 4.78 is 5.52. The number of nitrogens with two attached hydrogens (primary N) is 1. The summed E-state index contributed by atoms with van der Waals surface area (Å²) in [5.74, 6) is 6.95. The van der Waals surface area contributed by atoms with Crippen LogP contribution in [0, 0.1) is 0 Å². The predicted octanol–water partition coefficient (Wildman–Crippen LogP) is 1.71. The summed E-state index contributed by atoms with van der Waals surface area (Å²) in [6, 6.07) is 7.73. The molecule has 4 heteroatoms. The van der Waals surface area contributed by atoms with E-state index in [1.54, 1.807) is 0 Å². The molecule has 0 heterocycles. The average molecular weight is 221 g/mol. The molecule has 0 saturated carbocycles. The number of nitrogens with zero attached hydrogens (tertiary/aromatic N) is 1. The van der Waals surface area contributed by atoms with Crippen molar-refractivity contribution in [3.63, 3.8) is 0 Å². The van der Waals surface area contributed by atoms with Gasteiger partial charge >= 0.3 is 0 Å². The van der Waals surface area contributed by atoms with Crippen LogP contribution < -0.4 is 16.0 Å². The third-order valence-electron chi connectivity index (χ3n) is 2.07. The lowest BCUT2D eigenvalue weighted by molar-refractivity contribution is 0.339. The summed E-state index contributed by atoms with van der Waals surface area (Å²) in [6.07, 6.45) is 0.988. The van der Waals surface area contributed by atoms with E-state index in [1.165, 1.54) is 0 Å². The first-order valence-electron chi connectivity index (χ1n) is 5.56. The first-order valence-corrected chi connectivity index (χ1v) is 5.56. The van der Waals surface area contributed by atoms with Gasteiger partial charge < -0.3 is 10.2 Å². The van der Waals surface area contributed by atoms with Crippen LogP contribution in [-0.4, -0.2) is 19.0 Å². The van der Waals surface area contributed by atoms with Crippen molar-refractivity contribution in [3.05, 3.63) is 29.8 Å². The van der Waals surface area contributed by atoms with Crippen LogP contribution in [-0.2, 0) is 0 Å². The second kappa shape index (κ2) is 6.85. The van der Waals surface area contributed by atoms with Crippen LogP contribution in [0.5, 0.6) is 5.75 Å². The van der Waals surface area contributed by atoms with E-state index in [4.69, 9.17) is 10.6 Å². The molecule has 1 aromatic rings. The predicted molar refractivity (Wildman–Crippen MR) is 66.6 cm³/mol. The van der Waals surface area contributed by atoms with Gasteiger partial charge in [0.15, 0.2) is 0 Å². The number of rotatable bonds is 5. The average Bonchev–Trinajstić information content (AvgIpc) is 2.32. The van der Waals surface area contributed by atoms with Crippen molar-refractivity contribution in [3.8, 4) is 5.75 Å². The van der Waals surface area contributed by atoms with Crippen LogP contribution in [0.2, 0.25) is 0 Å². The minimum atomic E-state index is 0.628. The molecule has 0 bridgehead atoms. The molecule has 0 amide bonds. The van der Waals surface area contributed by atoms with Crippen LogP contribution in [0.15, 0.2) is 29.3 Å². The van der Waals surface area contributed by atoms with Crippen molar-refractivity contribution in [1.82, 2.24) is 5.43 Å². The fourth-order valence-corrected chi connectivity index (χ4v) is 1.38. The van der Waals surface area contributed by atoms with Gasteiger partial charge in [-0.2, -0.15) is 0 Å². The maximum atomic E-state index is 5.52. The summed E-state index contributed by atoms with van der Waals surface area (Å²) in [5.41, 5.74) is 3.53. The molecule has 0 spiro atoms. The molecule has 0 aromatic heterocycles. The highest BCUT2D eigenvalue weighted by Gasteiger charge is 2.07. The Morgan fingerprint density at radius 2 is 2.12 bits per heavy atom. The van der Waals surface area contributed by atoms with Crippen LogP contribution in [0.3, 0.4) is 0 Å². The lowest BCUT2D eigenvalue weighted by Crippen LogP contribution is -2.31. The van der Waals surface area contributed by atoms with Gasteiger partial charge in [0.05, 0.1) is 12.2 Å². The van der Waals surface area contributed by atoms with Crippen molar-refractivity contribution >= 4 is 5.84 Å². The number of hydrogen-bond acceptors (Lipinski definition) is 3. The van der Waals surface area contributed by atoms with Gasteiger partial charge in [0.25, 0.3) is 0 Å². The first-order chi connectivity index (χ1) is 7.83. The lowest BCUT2D eigenvalue weighted by Gasteiger charge is -2.11. The minimum Gasteiger partial charge on any atom is -0.493 e. The summed E-state index contributed by atoms with van der Waals surface area (Å²) >= 11 is 0. The van der Waals surface area contributed by atoms with Crippen LogP contribution in [0.1, 0.15) is 25.8 Å². The molecule has 16 heavy (non-hydrogen) atoms. The van der Waals surface area contributed by atoms with Gasteiger partial charge in [0.1, 0.15) is 11.6 Å². The highest BCUT2D eigenvalue weighted by Crippen LogP contribution is 2.17. The van der Waals surface area contributed by atoms with E-state index in [9.17, 15) is 0 Å². The summed E-state index contributed by atoms with van der Waals surface area (Å²) in [6.45, 7) is 5.41. The molecule has 0 radical (unpaired) electrons. The molecule has 4 nitrogen and oxygen atoms in total. The van der Waals surface area contributed by atoms with Crippen molar-refractivity contribution < 1.29 is 4.74 Å². The quantitative estimate of drug-likeness (QED) is 0.344. The molecule has 0 unspecified atom stereocenters. The Morgan fingerprint density at radius 1 is 1.38 bits per heavy atom. The number of ether oxygens (including phenoxy) is 1. The molecular weight excluding hydrogens is 202 g/mol. The molecule has 3 N–H and O–H groups in total. The minimum absolute atomic E-state index is 0.628. The summed E-state index contributed by atoms with van der Waals surface area (Å²) in [4.78, 5) is 4.37. The highest BCUT2D eigenvalue weighted by molar-refractivity contribution is 6.00. The van der Waals surface area contributed by atoms with Crippen molar-refractivity contribution in [1.29, 1.82) is 0 Å². The fraction of sp³-hybridized carbons (Fsp3) is 0.417. The van der Waals surface area contributed by atoms with E-state index in [0.29, 0.717) is 12.4 Å². The number of hydrogen-bond donors (Lipinski definition) is 2. The van der Waals surface area contributed by atoms with Crippen molar-refractivity contribution in [2.24, 2.45) is 10.8 Å². The van der Waals surface area contributed by atoms with Gasteiger partial charge in [0, 0.05) is 6.54 Å². The van der Waals surface area contributed by atoms with Crippen LogP contribution in [0.25, 0.3) is 0 Å². The van der Waals surface area contributed by atoms with E-state index in [0.717, 1.165) is 24.3 Å². The second-order valence-corrected chi connectivity index (χ2v) is 3.30. The van der Waals surface area contributed by atoms with E-state index in [1.807, 2.05) is 31.2 Å². The van der Waals surface area contributed by atoms with E-state index < -0.39 is 0 Å². The molecule has 88 valence electrons. The number of para-hydroxylation sites is 1. The maximum Gasteiger partial charge on any atom is 0.146 e. The Hall–Kier alpha value is -1.55. The Morgan fingerprint density at radius 3 is 2.75 bits per heavy atom.